The number of rotatable bonds is 7. The summed E-state index contributed by atoms with van der Waals surface area (Å²) in [6.45, 7) is 2.68. The molecule has 0 aliphatic heterocycles. The fraction of sp³-hybridized carbons (Fsp3) is 0.300. The van der Waals surface area contributed by atoms with Crippen LogP contribution in [0.1, 0.15) is 32.0 Å². The predicted molar refractivity (Wildman–Crippen MR) is 116 cm³/mol. The van der Waals surface area contributed by atoms with E-state index in [0.29, 0.717) is 40.0 Å². The number of hydrogen-bond donors (Lipinski definition) is 1. The number of hydrogen-bond acceptors (Lipinski definition) is 5. The fourth-order valence-corrected chi connectivity index (χ4v) is 4.19. The van der Waals surface area contributed by atoms with E-state index >= 15 is 0 Å². The largest absolute Gasteiger partial charge is 0.326 e. The van der Waals surface area contributed by atoms with Crippen molar-refractivity contribution in [2.75, 3.05) is 5.32 Å². The summed E-state index contributed by atoms with van der Waals surface area (Å²) in [7, 11) is 0. The molecular weight excluding hydrogens is 410 g/mol. The SMILES string of the molecule is CCCCn1c(=O)c2sccc2n2c(CCC(=O)Nc3ccc(Cl)cc3)nnc12. The van der Waals surface area contributed by atoms with Crippen LogP contribution in [-0.2, 0) is 17.8 Å². The fourth-order valence-electron chi connectivity index (χ4n) is 3.24. The number of thiophene rings is 1. The molecule has 4 aromatic rings. The van der Waals surface area contributed by atoms with Gasteiger partial charge in [0.05, 0.1) is 5.52 Å². The summed E-state index contributed by atoms with van der Waals surface area (Å²) in [5.41, 5.74) is 1.45. The van der Waals surface area contributed by atoms with Crippen molar-refractivity contribution in [1.82, 2.24) is 19.2 Å². The first-order valence-electron chi connectivity index (χ1n) is 9.48. The highest BCUT2D eigenvalue weighted by Crippen LogP contribution is 2.21. The molecule has 3 heterocycles. The Morgan fingerprint density at radius 3 is 2.76 bits per heavy atom. The standard InChI is InChI=1S/C20H20ClN5O2S/c1-2-3-11-25-19(28)18-15(10-12-29-18)26-16(23-24-20(25)26)8-9-17(27)22-14-6-4-13(21)5-7-14/h4-7,10,12H,2-3,8-9,11H2,1H3,(H,22,27). The summed E-state index contributed by atoms with van der Waals surface area (Å²) in [5.74, 6) is 1.08. The van der Waals surface area contributed by atoms with Crippen molar-refractivity contribution in [3.8, 4) is 0 Å². The lowest BCUT2D eigenvalue weighted by molar-refractivity contribution is -0.116. The van der Waals surface area contributed by atoms with Crippen LogP contribution < -0.4 is 10.9 Å². The van der Waals surface area contributed by atoms with Crippen LogP contribution in [0.5, 0.6) is 0 Å². The minimum Gasteiger partial charge on any atom is -0.326 e. The van der Waals surface area contributed by atoms with E-state index in [1.54, 1.807) is 28.8 Å². The van der Waals surface area contributed by atoms with Gasteiger partial charge in [0, 0.05) is 30.1 Å². The van der Waals surface area contributed by atoms with Gasteiger partial charge in [0.15, 0.2) is 0 Å². The van der Waals surface area contributed by atoms with Crippen molar-refractivity contribution in [2.24, 2.45) is 0 Å². The number of nitrogens with zero attached hydrogens (tertiary/aromatic N) is 4. The number of carbonyl (C=O) groups is 1. The second kappa shape index (κ2) is 8.34. The lowest BCUT2D eigenvalue weighted by atomic mass is 10.2. The van der Waals surface area contributed by atoms with Crippen molar-refractivity contribution in [2.45, 2.75) is 39.2 Å². The summed E-state index contributed by atoms with van der Waals surface area (Å²) in [6, 6.07) is 8.87. The Bertz CT molecular complexity index is 1230. The van der Waals surface area contributed by atoms with Crippen molar-refractivity contribution in [1.29, 1.82) is 0 Å². The number of amides is 1. The Labute approximate surface area is 175 Å². The molecule has 1 N–H and O–H groups in total. The molecular formula is C20H20ClN5O2S. The average molecular weight is 430 g/mol. The third-order valence-electron chi connectivity index (χ3n) is 4.72. The van der Waals surface area contributed by atoms with Crippen LogP contribution in [0.25, 0.3) is 16.0 Å². The van der Waals surface area contributed by atoms with Crippen LogP contribution >= 0.6 is 22.9 Å². The van der Waals surface area contributed by atoms with E-state index in [9.17, 15) is 9.59 Å². The van der Waals surface area contributed by atoms with Gasteiger partial charge in [-0.2, -0.15) is 0 Å². The minimum atomic E-state index is -0.120. The molecule has 0 aliphatic carbocycles. The lowest BCUT2D eigenvalue weighted by Gasteiger charge is -2.09. The summed E-state index contributed by atoms with van der Waals surface area (Å²) >= 11 is 7.29. The maximum atomic E-state index is 12.8. The molecule has 0 bridgehead atoms. The van der Waals surface area contributed by atoms with Gasteiger partial charge in [-0.05, 0) is 42.1 Å². The molecule has 0 radical (unpaired) electrons. The summed E-state index contributed by atoms with van der Waals surface area (Å²) in [6.07, 6.45) is 2.53. The molecule has 0 aliphatic rings. The third-order valence-corrected chi connectivity index (χ3v) is 5.86. The lowest BCUT2D eigenvalue weighted by Crippen LogP contribution is -2.23. The molecule has 0 unspecified atom stereocenters. The molecule has 29 heavy (non-hydrogen) atoms. The zero-order valence-electron chi connectivity index (χ0n) is 15.9. The van der Waals surface area contributed by atoms with E-state index in [4.69, 9.17) is 11.6 Å². The first-order chi connectivity index (χ1) is 14.1. The number of nitrogens with one attached hydrogen (secondary N) is 1. The van der Waals surface area contributed by atoms with Crippen LogP contribution in [-0.4, -0.2) is 25.1 Å². The van der Waals surface area contributed by atoms with Crippen LogP contribution in [0.2, 0.25) is 5.02 Å². The van der Waals surface area contributed by atoms with Gasteiger partial charge in [0.25, 0.3) is 5.56 Å². The molecule has 0 spiro atoms. The molecule has 0 saturated carbocycles. The quantitative estimate of drug-likeness (QED) is 0.479. The molecule has 3 aromatic heterocycles. The van der Waals surface area contributed by atoms with Crippen LogP contribution in [0.4, 0.5) is 5.69 Å². The van der Waals surface area contributed by atoms with Gasteiger partial charge in [0.2, 0.25) is 11.7 Å². The predicted octanol–water partition coefficient (Wildman–Crippen LogP) is 4.13. The zero-order valence-corrected chi connectivity index (χ0v) is 17.5. The van der Waals surface area contributed by atoms with Gasteiger partial charge >= 0.3 is 0 Å². The van der Waals surface area contributed by atoms with Crippen molar-refractivity contribution in [3.63, 3.8) is 0 Å². The van der Waals surface area contributed by atoms with Crippen LogP contribution in [0.15, 0.2) is 40.5 Å². The number of carbonyl (C=O) groups excluding carboxylic acids is 1. The van der Waals surface area contributed by atoms with Gasteiger partial charge < -0.3 is 5.32 Å². The van der Waals surface area contributed by atoms with Gasteiger partial charge in [-0.25, -0.2) is 0 Å². The highest BCUT2D eigenvalue weighted by atomic mass is 35.5. The number of halogens is 1. The van der Waals surface area contributed by atoms with Gasteiger partial charge in [0.1, 0.15) is 10.5 Å². The number of unbranched alkanes of at least 4 members (excludes halogenated alkanes) is 1. The number of aromatic nitrogens is 4. The normalized spacial score (nSPS) is 11.4. The van der Waals surface area contributed by atoms with E-state index in [-0.39, 0.29) is 17.9 Å². The van der Waals surface area contributed by atoms with Gasteiger partial charge in [-0.15, -0.1) is 21.5 Å². The minimum absolute atomic E-state index is 0.0321. The molecule has 7 nitrogen and oxygen atoms in total. The topological polar surface area (TPSA) is 81.3 Å². The smallest absolute Gasteiger partial charge is 0.272 e. The summed E-state index contributed by atoms with van der Waals surface area (Å²) in [4.78, 5) is 25.2. The Morgan fingerprint density at radius 1 is 1.21 bits per heavy atom. The maximum Gasteiger partial charge on any atom is 0.272 e. The van der Waals surface area contributed by atoms with Crippen molar-refractivity contribution >= 4 is 50.5 Å². The zero-order chi connectivity index (χ0) is 20.4. The molecule has 150 valence electrons. The number of aryl methyl sites for hydroxylation is 2. The average Bonchev–Trinajstić information content (AvgIpc) is 3.35. The summed E-state index contributed by atoms with van der Waals surface area (Å²) < 4.78 is 4.27. The van der Waals surface area contributed by atoms with E-state index in [2.05, 4.69) is 22.4 Å². The van der Waals surface area contributed by atoms with E-state index in [1.165, 1.54) is 11.3 Å². The third kappa shape index (κ3) is 3.90. The first-order valence-corrected chi connectivity index (χ1v) is 10.7. The highest BCUT2D eigenvalue weighted by molar-refractivity contribution is 7.17. The molecule has 0 atom stereocenters. The number of anilines is 1. The Hall–Kier alpha value is -2.71. The molecule has 4 rings (SSSR count). The monoisotopic (exact) mass is 429 g/mol. The molecule has 1 aromatic carbocycles. The van der Waals surface area contributed by atoms with E-state index < -0.39 is 0 Å². The van der Waals surface area contributed by atoms with Crippen molar-refractivity contribution in [3.05, 3.63) is 56.9 Å². The number of fused-ring (bicyclic) bond motifs is 3. The molecule has 0 fully saturated rings. The second-order valence-corrected chi connectivity index (χ2v) is 8.10. The molecule has 0 saturated heterocycles. The van der Waals surface area contributed by atoms with Crippen LogP contribution in [0, 0.1) is 0 Å². The second-order valence-electron chi connectivity index (χ2n) is 6.75. The maximum absolute atomic E-state index is 12.8. The Kier molecular flexibility index (Phi) is 5.64. The Balaban J connectivity index is 1.61. The van der Waals surface area contributed by atoms with Gasteiger partial charge in [-0.1, -0.05) is 24.9 Å². The van der Waals surface area contributed by atoms with Crippen molar-refractivity contribution < 1.29 is 4.79 Å². The highest BCUT2D eigenvalue weighted by Gasteiger charge is 2.17. The Morgan fingerprint density at radius 2 is 2.00 bits per heavy atom. The van der Waals surface area contributed by atoms with E-state index in [0.717, 1.165) is 18.4 Å². The number of benzene rings is 1. The van der Waals surface area contributed by atoms with Gasteiger partial charge in [-0.3, -0.25) is 18.6 Å². The van der Waals surface area contributed by atoms with E-state index in [1.807, 2.05) is 15.8 Å². The van der Waals surface area contributed by atoms with Crippen LogP contribution in [0.3, 0.4) is 0 Å². The molecule has 9 heteroatoms. The first kappa shape index (κ1) is 19.6. The molecule has 1 amide bonds. The summed E-state index contributed by atoms with van der Waals surface area (Å²) in [5, 5.41) is 13.9.